The van der Waals surface area contributed by atoms with Crippen molar-refractivity contribution in [2.24, 2.45) is 0 Å². The van der Waals surface area contributed by atoms with Crippen molar-refractivity contribution in [1.29, 1.82) is 0 Å². The van der Waals surface area contributed by atoms with E-state index in [4.69, 9.17) is 5.11 Å². The van der Waals surface area contributed by atoms with E-state index in [9.17, 15) is 18.0 Å². The van der Waals surface area contributed by atoms with Crippen molar-refractivity contribution in [2.75, 3.05) is 0 Å². The van der Waals surface area contributed by atoms with Gasteiger partial charge in [-0.15, -0.1) is 0 Å². The van der Waals surface area contributed by atoms with Crippen LogP contribution in [0.1, 0.15) is 5.56 Å². The number of benzene rings is 2. The molecule has 0 fully saturated rings. The van der Waals surface area contributed by atoms with Crippen LogP contribution in [0.3, 0.4) is 0 Å². The molecule has 0 aliphatic carbocycles. The lowest BCUT2D eigenvalue weighted by molar-refractivity contribution is -0.138. The maximum absolute atomic E-state index is 12.6. The zero-order chi connectivity index (χ0) is 16.6. The molecule has 0 atom stereocenters. The van der Waals surface area contributed by atoms with Crippen LogP contribution in [0.15, 0.2) is 48.5 Å². The highest BCUT2D eigenvalue weighted by Gasteiger charge is 2.30. The van der Waals surface area contributed by atoms with E-state index in [1.165, 1.54) is 16.7 Å². The number of fused-ring (bicyclic) bond motifs is 1. The molecule has 3 rings (SSSR count). The number of nitrogens with zero attached hydrogens (tertiary/aromatic N) is 2. The zero-order valence-electron chi connectivity index (χ0n) is 11.7. The SMILES string of the molecule is O=C(O)Cn1c(-c2ccc(C(F)(F)F)cc2)nc2ccccc21. The third-order valence-corrected chi connectivity index (χ3v) is 3.42. The maximum atomic E-state index is 12.6. The second-order valence-corrected chi connectivity index (χ2v) is 4.98. The largest absolute Gasteiger partial charge is 0.480 e. The van der Waals surface area contributed by atoms with Gasteiger partial charge in [0.1, 0.15) is 12.4 Å². The predicted molar refractivity (Wildman–Crippen MR) is 77.8 cm³/mol. The van der Waals surface area contributed by atoms with Crippen molar-refractivity contribution in [3.05, 3.63) is 54.1 Å². The van der Waals surface area contributed by atoms with Gasteiger partial charge >= 0.3 is 12.1 Å². The van der Waals surface area contributed by atoms with E-state index in [2.05, 4.69) is 4.98 Å². The summed E-state index contributed by atoms with van der Waals surface area (Å²) in [5.41, 5.74) is 0.867. The van der Waals surface area contributed by atoms with E-state index >= 15 is 0 Å². The van der Waals surface area contributed by atoms with Crippen LogP contribution >= 0.6 is 0 Å². The summed E-state index contributed by atoms with van der Waals surface area (Å²) in [5, 5.41) is 9.07. The molecular formula is C16H11F3N2O2. The van der Waals surface area contributed by atoms with Crippen LogP contribution in [0.2, 0.25) is 0 Å². The quantitative estimate of drug-likeness (QED) is 0.798. The number of hydrogen-bond donors (Lipinski definition) is 1. The number of aromatic nitrogens is 2. The summed E-state index contributed by atoms with van der Waals surface area (Å²) in [6.07, 6.45) is -4.42. The molecule has 3 aromatic rings. The molecular weight excluding hydrogens is 309 g/mol. The molecule has 0 saturated heterocycles. The van der Waals surface area contributed by atoms with Gasteiger partial charge in [-0.1, -0.05) is 24.3 Å². The van der Waals surface area contributed by atoms with E-state index in [1.54, 1.807) is 24.3 Å². The second-order valence-electron chi connectivity index (χ2n) is 4.98. The van der Waals surface area contributed by atoms with Crippen molar-refractivity contribution in [2.45, 2.75) is 12.7 Å². The van der Waals surface area contributed by atoms with Gasteiger partial charge in [-0.3, -0.25) is 4.79 Å². The number of carboxylic acid groups (broad SMARTS) is 1. The lowest BCUT2D eigenvalue weighted by atomic mass is 10.1. The summed E-state index contributed by atoms with van der Waals surface area (Å²) < 4.78 is 39.4. The minimum atomic E-state index is -4.42. The Bertz CT molecular complexity index is 867. The molecule has 0 amide bonds. The number of para-hydroxylation sites is 2. The first-order valence-electron chi connectivity index (χ1n) is 6.71. The Kier molecular flexibility index (Phi) is 3.55. The van der Waals surface area contributed by atoms with E-state index in [0.29, 0.717) is 22.4 Å². The highest BCUT2D eigenvalue weighted by Crippen LogP contribution is 2.31. The number of alkyl halides is 3. The van der Waals surface area contributed by atoms with Gasteiger partial charge in [-0.2, -0.15) is 13.2 Å². The van der Waals surface area contributed by atoms with Gasteiger partial charge in [0.05, 0.1) is 16.6 Å². The molecule has 118 valence electrons. The maximum Gasteiger partial charge on any atom is 0.416 e. The van der Waals surface area contributed by atoms with Crippen molar-refractivity contribution < 1.29 is 23.1 Å². The molecule has 0 radical (unpaired) electrons. The molecule has 1 N–H and O–H groups in total. The van der Waals surface area contributed by atoms with Gasteiger partial charge in [0.15, 0.2) is 0 Å². The molecule has 0 spiro atoms. The number of carbonyl (C=O) groups is 1. The summed E-state index contributed by atoms with van der Waals surface area (Å²) in [6, 6.07) is 11.5. The smallest absolute Gasteiger partial charge is 0.416 e. The zero-order valence-corrected chi connectivity index (χ0v) is 11.7. The molecule has 0 aliphatic rings. The third-order valence-electron chi connectivity index (χ3n) is 3.42. The summed E-state index contributed by atoms with van der Waals surface area (Å²) in [7, 11) is 0. The van der Waals surface area contributed by atoms with Gasteiger partial charge in [-0.05, 0) is 24.3 Å². The van der Waals surface area contributed by atoms with Crippen LogP contribution in [0.5, 0.6) is 0 Å². The molecule has 1 heterocycles. The average molecular weight is 320 g/mol. The lowest BCUT2D eigenvalue weighted by Gasteiger charge is -2.09. The number of hydrogen-bond acceptors (Lipinski definition) is 2. The molecule has 23 heavy (non-hydrogen) atoms. The fourth-order valence-electron chi connectivity index (χ4n) is 2.40. The first-order valence-corrected chi connectivity index (χ1v) is 6.71. The summed E-state index contributed by atoms with van der Waals surface area (Å²) in [4.78, 5) is 15.4. The fourth-order valence-corrected chi connectivity index (χ4v) is 2.40. The minimum absolute atomic E-state index is 0.322. The van der Waals surface area contributed by atoms with Crippen LogP contribution < -0.4 is 0 Å². The molecule has 2 aromatic carbocycles. The van der Waals surface area contributed by atoms with Gasteiger partial charge in [0.2, 0.25) is 0 Å². The lowest BCUT2D eigenvalue weighted by Crippen LogP contribution is -2.10. The Morgan fingerprint density at radius 2 is 1.74 bits per heavy atom. The van der Waals surface area contributed by atoms with Gasteiger partial charge in [-0.25, -0.2) is 4.98 Å². The highest BCUT2D eigenvalue weighted by atomic mass is 19.4. The number of carboxylic acids is 1. The van der Waals surface area contributed by atoms with E-state index < -0.39 is 17.7 Å². The Balaban J connectivity index is 2.13. The van der Waals surface area contributed by atoms with E-state index in [-0.39, 0.29) is 6.54 Å². The van der Waals surface area contributed by atoms with Crippen LogP contribution in [-0.4, -0.2) is 20.6 Å². The predicted octanol–water partition coefficient (Wildman–Crippen LogP) is 3.81. The van der Waals surface area contributed by atoms with E-state index in [0.717, 1.165) is 12.1 Å². The average Bonchev–Trinajstić information content (AvgIpc) is 2.85. The Morgan fingerprint density at radius 3 is 2.35 bits per heavy atom. The minimum Gasteiger partial charge on any atom is -0.480 e. The molecule has 7 heteroatoms. The topological polar surface area (TPSA) is 55.1 Å². The summed E-state index contributed by atoms with van der Waals surface area (Å²) in [6.45, 7) is -0.323. The summed E-state index contributed by atoms with van der Waals surface area (Å²) >= 11 is 0. The number of rotatable bonds is 3. The Hall–Kier alpha value is -2.83. The monoisotopic (exact) mass is 320 g/mol. The van der Waals surface area contributed by atoms with Gasteiger partial charge < -0.3 is 9.67 Å². The Morgan fingerprint density at radius 1 is 1.09 bits per heavy atom. The van der Waals surface area contributed by atoms with Crippen LogP contribution in [0.4, 0.5) is 13.2 Å². The molecule has 0 aliphatic heterocycles. The molecule has 1 aromatic heterocycles. The van der Waals surface area contributed by atoms with Crippen LogP contribution in [-0.2, 0) is 17.5 Å². The molecule has 4 nitrogen and oxygen atoms in total. The first kappa shape index (κ1) is 15.1. The molecule has 0 unspecified atom stereocenters. The van der Waals surface area contributed by atoms with E-state index in [1.807, 2.05) is 0 Å². The second kappa shape index (κ2) is 5.42. The molecule has 0 saturated carbocycles. The number of aliphatic carboxylic acids is 1. The highest BCUT2D eigenvalue weighted by molar-refractivity contribution is 5.82. The molecule has 0 bridgehead atoms. The number of halogens is 3. The van der Waals surface area contributed by atoms with Crippen LogP contribution in [0, 0.1) is 0 Å². The number of imidazole rings is 1. The van der Waals surface area contributed by atoms with Crippen molar-refractivity contribution in [1.82, 2.24) is 9.55 Å². The van der Waals surface area contributed by atoms with Crippen molar-refractivity contribution in [3.63, 3.8) is 0 Å². The van der Waals surface area contributed by atoms with Crippen LogP contribution in [0.25, 0.3) is 22.4 Å². The van der Waals surface area contributed by atoms with Crippen molar-refractivity contribution >= 4 is 17.0 Å². The van der Waals surface area contributed by atoms with Crippen molar-refractivity contribution in [3.8, 4) is 11.4 Å². The third kappa shape index (κ3) is 2.90. The Labute approximate surface area is 128 Å². The standard InChI is InChI=1S/C16H11F3N2O2/c17-16(18,19)11-7-5-10(6-8-11)15-20-12-3-1-2-4-13(12)21(15)9-14(22)23/h1-8H,9H2,(H,22,23). The van der Waals surface area contributed by atoms with Gasteiger partial charge in [0.25, 0.3) is 0 Å². The van der Waals surface area contributed by atoms with Gasteiger partial charge in [0, 0.05) is 5.56 Å². The fraction of sp³-hybridized carbons (Fsp3) is 0.125. The first-order chi connectivity index (χ1) is 10.9. The summed E-state index contributed by atoms with van der Waals surface area (Å²) in [5.74, 6) is -0.733. The normalized spacial score (nSPS) is 11.8.